The van der Waals surface area contributed by atoms with Crippen LogP contribution in [0, 0.1) is 0 Å². The predicted molar refractivity (Wildman–Crippen MR) is 181 cm³/mol. The van der Waals surface area contributed by atoms with Gasteiger partial charge in [0.25, 0.3) is 0 Å². The van der Waals surface area contributed by atoms with E-state index in [-0.39, 0.29) is 32.7 Å². The monoisotopic (exact) mass is 682 g/mol. The Labute approximate surface area is 288 Å². The third kappa shape index (κ3) is 9.88. The van der Waals surface area contributed by atoms with Crippen molar-refractivity contribution in [1.29, 1.82) is 0 Å². The number of hydrogen-bond acceptors (Lipinski definition) is 9. The summed E-state index contributed by atoms with van der Waals surface area (Å²) in [4.78, 5) is 23.8. The average molecular weight is 683 g/mol. The lowest BCUT2D eigenvalue weighted by molar-refractivity contribution is -0.261. The van der Waals surface area contributed by atoms with Crippen molar-refractivity contribution in [3.8, 4) is 0 Å². The molecule has 260 valence electrons. The van der Waals surface area contributed by atoms with E-state index in [1.807, 2.05) is 91.0 Å². The first-order chi connectivity index (χ1) is 24.5. The van der Waals surface area contributed by atoms with E-state index in [0.717, 1.165) is 16.7 Å². The first kappa shape index (κ1) is 36.0. The van der Waals surface area contributed by atoms with Crippen LogP contribution in [0.5, 0.6) is 0 Å². The number of carbonyl (C=O) groups is 1. The Hall–Kier alpha value is -5.30. The van der Waals surface area contributed by atoms with Crippen molar-refractivity contribution >= 4 is 6.09 Å². The van der Waals surface area contributed by atoms with E-state index < -0.39 is 54.9 Å². The summed E-state index contributed by atoms with van der Waals surface area (Å²) in [6.45, 7) is 0.546. The Morgan fingerprint density at radius 3 is 1.94 bits per heavy atom. The minimum Gasteiger partial charge on any atom is -0.445 e. The molecule has 16 heteroatoms. The fourth-order valence-electron chi connectivity index (χ4n) is 6.14. The van der Waals surface area contributed by atoms with Crippen molar-refractivity contribution in [2.75, 3.05) is 6.54 Å². The third-order valence-corrected chi connectivity index (χ3v) is 8.62. The van der Waals surface area contributed by atoms with Gasteiger partial charge in [0.05, 0.1) is 49.6 Å². The number of aliphatic hydroxyl groups excluding tert-OH is 1. The van der Waals surface area contributed by atoms with Gasteiger partial charge in [0.15, 0.2) is 6.29 Å². The van der Waals surface area contributed by atoms with Crippen molar-refractivity contribution < 1.29 is 28.8 Å². The topological polar surface area (TPSA) is 224 Å². The highest BCUT2D eigenvalue weighted by Crippen LogP contribution is 2.34. The summed E-state index contributed by atoms with van der Waals surface area (Å²) in [5.74, 6) is 0. The van der Waals surface area contributed by atoms with Gasteiger partial charge in [-0.15, -0.1) is 0 Å². The highest BCUT2D eigenvalue weighted by molar-refractivity contribution is 5.67. The summed E-state index contributed by atoms with van der Waals surface area (Å²) >= 11 is 0. The number of benzene rings is 3. The predicted octanol–water partition coefficient (Wildman–Crippen LogP) is 7.10. The summed E-state index contributed by atoms with van der Waals surface area (Å²) in [6, 6.07) is 25.4. The summed E-state index contributed by atoms with van der Waals surface area (Å²) in [6.07, 6.45) is -5.00. The number of azide groups is 3. The Morgan fingerprint density at radius 2 is 1.32 bits per heavy atom. The van der Waals surface area contributed by atoms with Crippen LogP contribution < -0.4 is 0 Å². The van der Waals surface area contributed by atoms with E-state index in [1.54, 1.807) is 4.90 Å². The fourth-order valence-corrected chi connectivity index (χ4v) is 6.14. The number of rotatable bonds is 14. The van der Waals surface area contributed by atoms with Crippen molar-refractivity contribution in [1.82, 2.24) is 4.90 Å². The van der Waals surface area contributed by atoms with E-state index in [2.05, 4.69) is 30.1 Å². The Kier molecular flexibility index (Phi) is 13.3. The van der Waals surface area contributed by atoms with E-state index in [4.69, 9.17) is 24.5 Å². The maximum Gasteiger partial charge on any atom is 0.410 e. The summed E-state index contributed by atoms with van der Waals surface area (Å²) in [5, 5.41) is 22.9. The van der Waals surface area contributed by atoms with Crippen molar-refractivity contribution in [2.45, 2.75) is 87.9 Å². The Bertz CT molecular complexity index is 1670. The summed E-state index contributed by atoms with van der Waals surface area (Å²) in [5.41, 5.74) is 30.5. The molecule has 3 aromatic carbocycles. The molecule has 1 N–H and O–H groups in total. The van der Waals surface area contributed by atoms with Gasteiger partial charge in [-0.05, 0) is 52.5 Å². The Balaban J connectivity index is 1.36. The molecule has 0 spiro atoms. The van der Waals surface area contributed by atoms with E-state index in [1.165, 1.54) is 0 Å². The number of aliphatic hydroxyl groups is 1. The minimum absolute atomic E-state index is 0.0222. The molecule has 0 radical (unpaired) electrons. The molecule has 1 heterocycles. The van der Waals surface area contributed by atoms with E-state index in [0.29, 0.717) is 12.8 Å². The quantitative estimate of drug-likeness (QED) is 0.106. The van der Waals surface area contributed by atoms with Crippen LogP contribution in [0.1, 0.15) is 36.0 Å². The van der Waals surface area contributed by atoms with Crippen molar-refractivity contribution in [3.05, 3.63) is 139 Å². The molecule has 8 atom stereocenters. The molecule has 1 aliphatic carbocycles. The molecule has 1 saturated heterocycles. The van der Waals surface area contributed by atoms with Crippen molar-refractivity contribution in [2.24, 2.45) is 15.3 Å². The van der Waals surface area contributed by atoms with Crippen LogP contribution in [-0.2, 0) is 38.7 Å². The molecular weight excluding hydrogens is 644 g/mol. The van der Waals surface area contributed by atoms with Crippen LogP contribution in [0.25, 0.3) is 31.3 Å². The second-order valence-corrected chi connectivity index (χ2v) is 12.0. The molecule has 1 saturated carbocycles. The van der Waals surface area contributed by atoms with Crippen molar-refractivity contribution in [3.63, 3.8) is 0 Å². The lowest BCUT2D eigenvalue weighted by atomic mass is 9.84. The molecule has 0 bridgehead atoms. The smallest absolute Gasteiger partial charge is 0.410 e. The molecule has 0 unspecified atom stereocenters. The average Bonchev–Trinajstić information content (AvgIpc) is 3.14. The Morgan fingerprint density at radius 1 is 0.760 bits per heavy atom. The van der Waals surface area contributed by atoms with Gasteiger partial charge in [-0.25, -0.2) is 4.79 Å². The van der Waals surface area contributed by atoms with Gasteiger partial charge in [-0.3, -0.25) is 0 Å². The molecule has 0 aromatic heterocycles. The molecule has 16 nitrogen and oxygen atoms in total. The van der Waals surface area contributed by atoms with Crippen LogP contribution in [0.15, 0.2) is 106 Å². The zero-order valence-electron chi connectivity index (χ0n) is 27.2. The molecule has 3 aromatic rings. The molecule has 50 heavy (non-hydrogen) atoms. The molecule has 5 rings (SSSR count). The maximum atomic E-state index is 13.5. The largest absolute Gasteiger partial charge is 0.445 e. The second-order valence-electron chi connectivity index (χ2n) is 12.0. The van der Waals surface area contributed by atoms with Gasteiger partial charge in [-0.2, -0.15) is 0 Å². The van der Waals surface area contributed by atoms with Gasteiger partial charge >= 0.3 is 6.09 Å². The highest BCUT2D eigenvalue weighted by Gasteiger charge is 2.48. The van der Waals surface area contributed by atoms with Gasteiger partial charge in [0, 0.05) is 21.3 Å². The molecule has 2 aliphatic rings. The van der Waals surface area contributed by atoms with Crippen LogP contribution in [0.2, 0.25) is 0 Å². The van der Waals surface area contributed by atoms with Crippen LogP contribution in [-0.4, -0.2) is 71.5 Å². The fraction of sp³-hybridized carbons (Fsp3) is 0.441. The first-order valence-corrected chi connectivity index (χ1v) is 16.3. The van der Waals surface area contributed by atoms with Gasteiger partial charge in [0.2, 0.25) is 0 Å². The van der Waals surface area contributed by atoms with E-state index in [9.17, 15) is 21.0 Å². The minimum atomic E-state index is -1.32. The first-order valence-electron chi connectivity index (χ1n) is 16.3. The number of nitrogens with zero attached hydrogens (tertiary/aromatic N) is 10. The normalized spacial score (nSPS) is 25.9. The molecule has 1 amide bonds. The number of ether oxygens (including phenoxy) is 4. The zero-order valence-corrected chi connectivity index (χ0v) is 27.2. The zero-order chi connectivity index (χ0) is 35.1. The van der Waals surface area contributed by atoms with E-state index >= 15 is 0 Å². The molecule has 2 fully saturated rings. The number of carbonyl (C=O) groups excluding carboxylic acids is 1. The standard InChI is InChI=1S/C34H38N10O6/c35-41-38-27-17-16-26(20-44(19-23-10-4-1-5-11-23)34(46)48-22-25-14-8-3-9-15-25)49-33(27)50-31-29(40-43-37)18-28(39-42-36)30(45)32(31)47-21-24-12-6-2-7-13-24/h1-15,26-33,45H,16-22H2/t26-,27+,28+,29-,30-,31+,32+,33+/m0/s1. The highest BCUT2D eigenvalue weighted by atomic mass is 16.7. The summed E-state index contributed by atoms with van der Waals surface area (Å²) in [7, 11) is 0. The SMILES string of the molecule is [N-]=[N+]=N[C@H]1C[C@@H](N=[N+]=[N-])[C@H](O)[C@@H](OCc2ccccc2)[C@@H]1O[C@H]1O[C@H](CN(Cc2ccccc2)C(=O)OCc2ccccc2)CC[C@H]1N=[N+]=[N-]. The number of amides is 1. The summed E-state index contributed by atoms with van der Waals surface area (Å²) < 4.78 is 24.7. The van der Waals surface area contributed by atoms with Gasteiger partial charge in [0.1, 0.15) is 12.7 Å². The lowest BCUT2D eigenvalue weighted by Crippen LogP contribution is -2.59. The maximum absolute atomic E-state index is 13.5. The molecule has 1 aliphatic heterocycles. The van der Waals surface area contributed by atoms with Gasteiger partial charge < -0.3 is 29.0 Å². The lowest BCUT2D eigenvalue weighted by Gasteiger charge is -2.45. The second kappa shape index (κ2) is 18.5. The number of hydrogen-bond donors (Lipinski definition) is 1. The van der Waals surface area contributed by atoms with Gasteiger partial charge in [-0.1, -0.05) is 106 Å². The van der Waals surface area contributed by atoms with Crippen LogP contribution >= 0.6 is 0 Å². The van der Waals surface area contributed by atoms with Crippen LogP contribution in [0.3, 0.4) is 0 Å². The molecular formula is C34H38N10O6. The third-order valence-electron chi connectivity index (χ3n) is 8.62. The van der Waals surface area contributed by atoms with Crippen LogP contribution in [0.4, 0.5) is 4.79 Å².